The van der Waals surface area contributed by atoms with E-state index < -0.39 is 0 Å². The highest BCUT2D eigenvalue weighted by molar-refractivity contribution is 5.55. The van der Waals surface area contributed by atoms with E-state index in [1.165, 1.54) is 30.4 Å². The van der Waals surface area contributed by atoms with Gasteiger partial charge in [0, 0.05) is 24.6 Å². The molecule has 1 aromatic heterocycles. The Bertz CT molecular complexity index is 715. The van der Waals surface area contributed by atoms with Crippen LogP contribution in [0.1, 0.15) is 76.1 Å². The van der Waals surface area contributed by atoms with Gasteiger partial charge in [0.15, 0.2) is 0 Å². The third kappa shape index (κ3) is 6.43. The average molecular weight is 398 g/mol. The molecule has 1 aliphatic rings. The topological polar surface area (TPSA) is 67.1 Å². The van der Waals surface area contributed by atoms with Gasteiger partial charge < -0.3 is 16.0 Å². The molecule has 1 unspecified atom stereocenters. The van der Waals surface area contributed by atoms with Crippen LogP contribution >= 0.6 is 0 Å². The summed E-state index contributed by atoms with van der Waals surface area (Å²) < 4.78 is 0. The van der Waals surface area contributed by atoms with E-state index in [9.17, 15) is 0 Å². The van der Waals surface area contributed by atoms with E-state index in [0.717, 1.165) is 50.5 Å². The van der Waals surface area contributed by atoms with E-state index in [-0.39, 0.29) is 0 Å². The maximum Gasteiger partial charge on any atom is 0.222 e. The van der Waals surface area contributed by atoms with Gasteiger partial charge in [-0.2, -0.15) is 4.98 Å². The number of rotatable bonds is 8. The molecule has 1 aliphatic carbocycles. The fraction of sp³-hybridized carbons (Fsp3) is 0.583. The molecule has 0 saturated carbocycles. The van der Waals surface area contributed by atoms with Crippen LogP contribution in [0.4, 0.5) is 11.8 Å². The molecule has 5 nitrogen and oxygen atoms in total. The molecule has 3 rings (SSSR count). The van der Waals surface area contributed by atoms with Gasteiger partial charge in [0.05, 0.1) is 5.69 Å². The number of unbranched alkanes of at least 4 members (excludes halogenated alkanes) is 1. The molecular formula is C24H39N5. The van der Waals surface area contributed by atoms with Gasteiger partial charge in [-0.15, -0.1) is 0 Å². The number of hydrogen-bond donors (Lipinski definition) is 2. The normalized spacial score (nSPS) is 15.2. The van der Waals surface area contributed by atoms with Gasteiger partial charge in [0.1, 0.15) is 5.82 Å². The summed E-state index contributed by atoms with van der Waals surface area (Å²) in [6.45, 7) is 12.8. The second kappa shape index (κ2) is 12.4. The molecule has 29 heavy (non-hydrogen) atoms. The Hall–Kier alpha value is -2.14. The highest BCUT2D eigenvalue weighted by atomic mass is 15.2. The van der Waals surface area contributed by atoms with E-state index in [2.05, 4.69) is 78.2 Å². The second-order valence-electron chi connectivity index (χ2n) is 7.52. The molecule has 0 amide bonds. The Labute approximate surface area is 177 Å². The lowest BCUT2D eigenvalue weighted by atomic mass is 9.82. The summed E-state index contributed by atoms with van der Waals surface area (Å²) in [6.07, 6.45) is 5.73. The van der Waals surface area contributed by atoms with Crippen LogP contribution in [0.25, 0.3) is 0 Å². The van der Waals surface area contributed by atoms with Gasteiger partial charge in [-0.1, -0.05) is 57.5 Å². The summed E-state index contributed by atoms with van der Waals surface area (Å²) in [6, 6.07) is 10.7. The fourth-order valence-electron chi connectivity index (χ4n) is 3.94. The molecule has 0 radical (unpaired) electrons. The van der Waals surface area contributed by atoms with Crippen molar-refractivity contribution < 1.29 is 0 Å². The first-order valence-corrected chi connectivity index (χ1v) is 11.3. The van der Waals surface area contributed by atoms with Crippen LogP contribution in [0, 0.1) is 0 Å². The SMILES string of the molecule is CCCCN(CC)c1nc(N)nc2c1CCCC2c1ccccc1.CCNCC. The Balaban J connectivity index is 0.000000537. The molecule has 1 atom stereocenters. The van der Waals surface area contributed by atoms with Gasteiger partial charge in [0.25, 0.3) is 0 Å². The van der Waals surface area contributed by atoms with Crippen molar-refractivity contribution in [1.29, 1.82) is 0 Å². The van der Waals surface area contributed by atoms with Crippen molar-refractivity contribution >= 4 is 11.8 Å². The zero-order chi connectivity index (χ0) is 21.1. The number of nitrogens with one attached hydrogen (secondary N) is 1. The summed E-state index contributed by atoms with van der Waals surface area (Å²) in [4.78, 5) is 11.7. The summed E-state index contributed by atoms with van der Waals surface area (Å²) in [5, 5.41) is 3.11. The van der Waals surface area contributed by atoms with Crippen molar-refractivity contribution in [2.24, 2.45) is 0 Å². The minimum atomic E-state index is 0.337. The van der Waals surface area contributed by atoms with Crippen LogP contribution in [0.2, 0.25) is 0 Å². The van der Waals surface area contributed by atoms with Crippen molar-refractivity contribution in [2.45, 2.75) is 65.7 Å². The van der Waals surface area contributed by atoms with Crippen molar-refractivity contribution in [3.05, 3.63) is 47.2 Å². The molecule has 0 aliphatic heterocycles. The fourth-order valence-corrected chi connectivity index (χ4v) is 3.94. The van der Waals surface area contributed by atoms with E-state index in [0.29, 0.717) is 11.9 Å². The van der Waals surface area contributed by atoms with Crippen LogP contribution in [-0.4, -0.2) is 36.1 Å². The van der Waals surface area contributed by atoms with Gasteiger partial charge >= 0.3 is 0 Å². The lowest BCUT2D eigenvalue weighted by Crippen LogP contribution is -2.29. The first-order chi connectivity index (χ1) is 14.2. The molecule has 0 fully saturated rings. The Kier molecular flexibility index (Phi) is 9.92. The predicted molar refractivity (Wildman–Crippen MR) is 125 cm³/mol. The zero-order valence-electron chi connectivity index (χ0n) is 18.7. The number of fused-ring (bicyclic) bond motifs is 1. The molecule has 1 aromatic carbocycles. The first-order valence-electron chi connectivity index (χ1n) is 11.3. The van der Waals surface area contributed by atoms with Gasteiger partial charge in [0.2, 0.25) is 5.95 Å². The highest BCUT2D eigenvalue weighted by Crippen LogP contribution is 2.39. The Morgan fingerprint density at radius 1 is 1.07 bits per heavy atom. The Morgan fingerprint density at radius 2 is 1.79 bits per heavy atom. The first kappa shape index (κ1) is 23.1. The number of hydrogen-bond acceptors (Lipinski definition) is 5. The minimum Gasteiger partial charge on any atom is -0.368 e. The Morgan fingerprint density at radius 3 is 2.38 bits per heavy atom. The quantitative estimate of drug-likeness (QED) is 0.672. The highest BCUT2D eigenvalue weighted by Gasteiger charge is 2.28. The minimum absolute atomic E-state index is 0.337. The number of nitrogens with two attached hydrogens (primary N) is 1. The molecule has 160 valence electrons. The molecule has 5 heteroatoms. The van der Waals surface area contributed by atoms with E-state index in [1.807, 2.05) is 0 Å². The molecular weight excluding hydrogens is 358 g/mol. The average Bonchev–Trinajstić information content (AvgIpc) is 2.75. The second-order valence-corrected chi connectivity index (χ2v) is 7.52. The smallest absolute Gasteiger partial charge is 0.222 e. The number of aromatic nitrogens is 2. The molecule has 2 aromatic rings. The summed E-state index contributed by atoms with van der Waals surface area (Å²) in [7, 11) is 0. The third-order valence-corrected chi connectivity index (χ3v) is 5.45. The van der Waals surface area contributed by atoms with Crippen molar-refractivity contribution in [3.63, 3.8) is 0 Å². The largest absolute Gasteiger partial charge is 0.368 e. The van der Waals surface area contributed by atoms with Crippen molar-refractivity contribution in [2.75, 3.05) is 36.8 Å². The van der Waals surface area contributed by atoms with Crippen LogP contribution in [0.3, 0.4) is 0 Å². The number of benzene rings is 1. The standard InChI is InChI=1S/C20H28N4.C4H11N/c1-3-5-14-24(4-2)19-17-13-9-12-16(15-10-7-6-8-11-15)18(17)22-20(21)23-19;1-3-5-4-2/h6-8,10-11,16H,3-5,9,12-14H2,1-2H3,(H2,21,22,23);5H,3-4H2,1-2H3. The van der Waals surface area contributed by atoms with Crippen LogP contribution < -0.4 is 16.0 Å². The van der Waals surface area contributed by atoms with Gasteiger partial charge in [-0.25, -0.2) is 4.98 Å². The summed E-state index contributed by atoms with van der Waals surface area (Å²) in [5.41, 5.74) is 9.88. The van der Waals surface area contributed by atoms with Gasteiger partial charge in [-0.3, -0.25) is 0 Å². The zero-order valence-corrected chi connectivity index (χ0v) is 18.7. The van der Waals surface area contributed by atoms with Crippen LogP contribution in [-0.2, 0) is 6.42 Å². The lowest BCUT2D eigenvalue weighted by molar-refractivity contribution is 0.591. The number of anilines is 2. The van der Waals surface area contributed by atoms with Crippen molar-refractivity contribution in [3.8, 4) is 0 Å². The van der Waals surface area contributed by atoms with E-state index in [4.69, 9.17) is 5.73 Å². The maximum atomic E-state index is 6.10. The molecule has 0 bridgehead atoms. The predicted octanol–water partition coefficient (Wildman–Crippen LogP) is 4.77. The monoisotopic (exact) mass is 397 g/mol. The van der Waals surface area contributed by atoms with Crippen LogP contribution in [0.15, 0.2) is 30.3 Å². The van der Waals surface area contributed by atoms with E-state index in [1.54, 1.807) is 0 Å². The lowest BCUT2D eigenvalue weighted by Gasteiger charge is -2.31. The third-order valence-electron chi connectivity index (χ3n) is 5.45. The van der Waals surface area contributed by atoms with Crippen LogP contribution in [0.5, 0.6) is 0 Å². The maximum absolute atomic E-state index is 6.10. The number of nitrogens with zero attached hydrogens (tertiary/aromatic N) is 3. The van der Waals surface area contributed by atoms with Crippen molar-refractivity contribution in [1.82, 2.24) is 15.3 Å². The summed E-state index contributed by atoms with van der Waals surface area (Å²) >= 11 is 0. The molecule has 1 heterocycles. The molecule has 3 N–H and O–H groups in total. The molecule has 0 saturated heterocycles. The van der Waals surface area contributed by atoms with Gasteiger partial charge in [-0.05, 0) is 51.3 Å². The van der Waals surface area contributed by atoms with E-state index >= 15 is 0 Å². The number of nitrogen functional groups attached to an aromatic ring is 1. The summed E-state index contributed by atoms with van der Waals surface area (Å²) in [5.74, 6) is 1.81. The molecule has 0 spiro atoms.